The molecule has 0 saturated carbocycles. The molecule has 2 aromatic heterocycles. The molecule has 0 N–H and O–H groups in total. The zero-order valence-corrected chi connectivity index (χ0v) is 12.5. The van der Waals surface area contributed by atoms with Gasteiger partial charge in [-0.15, -0.1) is 0 Å². The van der Waals surface area contributed by atoms with E-state index in [1.165, 1.54) is 0 Å². The highest BCUT2D eigenvalue weighted by molar-refractivity contribution is 5.80. The molecule has 1 aliphatic heterocycles. The zero-order chi connectivity index (χ0) is 14.8. The maximum atomic E-state index is 12.6. The van der Waals surface area contributed by atoms with E-state index in [2.05, 4.69) is 16.3 Å². The summed E-state index contributed by atoms with van der Waals surface area (Å²) in [6.07, 6.45) is 11.3. The normalized spacial score (nSPS) is 20.5. The van der Waals surface area contributed by atoms with Crippen LogP contribution in [0.2, 0.25) is 0 Å². The second kappa shape index (κ2) is 5.71. The van der Waals surface area contributed by atoms with Gasteiger partial charge in [-0.1, -0.05) is 0 Å². The third-order valence-corrected chi connectivity index (χ3v) is 4.14. The molecule has 0 aromatic carbocycles. The molecule has 1 amide bonds. The topological polar surface area (TPSA) is 56.0 Å². The Hall–Kier alpha value is -2.11. The summed E-state index contributed by atoms with van der Waals surface area (Å²) in [5.41, 5.74) is 1.16. The van der Waals surface area contributed by atoms with Gasteiger partial charge >= 0.3 is 0 Å². The van der Waals surface area contributed by atoms with E-state index < -0.39 is 0 Å². The number of piperidine rings is 1. The van der Waals surface area contributed by atoms with Crippen molar-refractivity contribution >= 4 is 5.91 Å². The quantitative estimate of drug-likeness (QED) is 0.865. The second-order valence-corrected chi connectivity index (χ2v) is 5.76. The average molecular weight is 287 g/mol. The van der Waals surface area contributed by atoms with Gasteiger partial charge in [-0.25, -0.2) is 4.98 Å². The van der Waals surface area contributed by atoms with Crippen molar-refractivity contribution in [3.8, 4) is 0 Å². The van der Waals surface area contributed by atoms with Crippen LogP contribution in [0.5, 0.6) is 0 Å². The Kier molecular flexibility index (Phi) is 3.77. The van der Waals surface area contributed by atoms with E-state index in [1.54, 1.807) is 12.5 Å². The third-order valence-electron chi connectivity index (χ3n) is 4.14. The number of nitrogens with zero attached hydrogens (tertiary/aromatic N) is 5. The number of carbonyl (C=O) groups is 1. The van der Waals surface area contributed by atoms with Crippen LogP contribution in [-0.2, 0) is 4.79 Å². The van der Waals surface area contributed by atoms with Gasteiger partial charge in [0.05, 0.1) is 18.6 Å². The van der Waals surface area contributed by atoms with Crippen molar-refractivity contribution in [3.05, 3.63) is 36.7 Å². The largest absolute Gasteiger partial charge is 0.339 e. The monoisotopic (exact) mass is 287 g/mol. The first-order valence-electron chi connectivity index (χ1n) is 7.42. The highest BCUT2D eigenvalue weighted by Gasteiger charge is 2.28. The maximum absolute atomic E-state index is 12.6. The standard InChI is InChI=1S/C15H21N5O/c1-12-8-17-20(9-12)14-4-3-6-18(10-14)15(21)13(2)19-7-5-16-11-19/h5,7-9,11,13-14H,3-4,6,10H2,1-2H3/t13-,14-/m0/s1. The van der Waals surface area contributed by atoms with Gasteiger partial charge in [-0.3, -0.25) is 9.48 Å². The van der Waals surface area contributed by atoms with E-state index in [0.29, 0.717) is 0 Å². The van der Waals surface area contributed by atoms with Crippen LogP contribution in [0.25, 0.3) is 0 Å². The molecule has 2 aromatic rings. The third kappa shape index (κ3) is 2.84. The Bertz CT molecular complexity index is 603. The molecule has 1 saturated heterocycles. The van der Waals surface area contributed by atoms with Crippen LogP contribution in [-0.4, -0.2) is 43.2 Å². The lowest BCUT2D eigenvalue weighted by Gasteiger charge is -2.34. The fourth-order valence-electron chi connectivity index (χ4n) is 2.89. The van der Waals surface area contributed by atoms with Crippen molar-refractivity contribution in [1.29, 1.82) is 0 Å². The predicted octanol–water partition coefficient (Wildman–Crippen LogP) is 1.81. The van der Waals surface area contributed by atoms with E-state index in [1.807, 2.05) is 40.4 Å². The molecule has 0 spiro atoms. The summed E-state index contributed by atoms with van der Waals surface area (Å²) in [6, 6.07) is 0.0806. The Labute approximate surface area is 124 Å². The molecule has 0 unspecified atom stereocenters. The van der Waals surface area contributed by atoms with Crippen molar-refractivity contribution in [2.75, 3.05) is 13.1 Å². The maximum Gasteiger partial charge on any atom is 0.245 e. The van der Waals surface area contributed by atoms with E-state index in [4.69, 9.17) is 0 Å². The number of aryl methyl sites for hydroxylation is 1. The van der Waals surface area contributed by atoms with Crippen LogP contribution in [0.15, 0.2) is 31.1 Å². The molecule has 6 heteroatoms. The number of likely N-dealkylation sites (tertiary alicyclic amines) is 1. The molecular weight excluding hydrogens is 266 g/mol. The number of amides is 1. The number of hydrogen-bond donors (Lipinski definition) is 0. The molecule has 2 atom stereocenters. The van der Waals surface area contributed by atoms with Gasteiger partial charge in [0.2, 0.25) is 5.91 Å². The Morgan fingerprint density at radius 3 is 3.00 bits per heavy atom. The van der Waals surface area contributed by atoms with E-state index in [0.717, 1.165) is 31.5 Å². The summed E-state index contributed by atoms with van der Waals surface area (Å²) in [5.74, 6) is 0.154. The van der Waals surface area contributed by atoms with E-state index in [-0.39, 0.29) is 18.0 Å². The van der Waals surface area contributed by atoms with Crippen molar-refractivity contribution in [1.82, 2.24) is 24.2 Å². The minimum absolute atomic E-state index is 0.154. The first-order chi connectivity index (χ1) is 10.1. The minimum atomic E-state index is -0.203. The lowest BCUT2D eigenvalue weighted by molar-refractivity contribution is -0.136. The van der Waals surface area contributed by atoms with Gasteiger partial charge in [0.1, 0.15) is 6.04 Å². The summed E-state index contributed by atoms with van der Waals surface area (Å²) in [6.45, 7) is 5.52. The fraction of sp³-hybridized carbons (Fsp3) is 0.533. The van der Waals surface area contributed by atoms with E-state index in [9.17, 15) is 4.79 Å². The van der Waals surface area contributed by atoms with Gasteiger partial charge in [-0.05, 0) is 32.3 Å². The fourth-order valence-corrected chi connectivity index (χ4v) is 2.89. The Morgan fingerprint density at radius 2 is 2.33 bits per heavy atom. The zero-order valence-electron chi connectivity index (χ0n) is 12.5. The lowest BCUT2D eigenvalue weighted by atomic mass is 10.0. The smallest absolute Gasteiger partial charge is 0.245 e. The van der Waals surface area contributed by atoms with Crippen LogP contribution < -0.4 is 0 Å². The molecule has 21 heavy (non-hydrogen) atoms. The molecular formula is C15H21N5O. The van der Waals surface area contributed by atoms with E-state index >= 15 is 0 Å². The summed E-state index contributed by atoms with van der Waals surface area (Å²) in [7, 11) is 0. The minimum Gasteiger partial charge on any atom is -0.339 e. The van der Waals surface area contributed by atoms with Gasteiger partial charge < -0.3 is 9.47 Å². The van der Waals surface area contributed by atoms with Crippen LogP contribution in [0.1, 0.15) is 37.4 Å². The van der Waals surface area contributed by atoms with Crippen LogP contribution in [0.3, 0.4) is 0 Å². The van der Waals surface area contributed by atoms with Crippen molar-refractivity contribution in [2.45, 2.75) is 38.8 Å². The number of rotatable bonds is 3. The van der Waals surface area contributed by atoms with Gasteiger partial charge in [0.15, 0.2) is 0 Å². The lowest BCUT2D eigenvalue weighted by Crippen LogP contribution is -2.43. The molecule has 3 heterocycles. The molecule has 1 fully saturated rings. The first kappa shape index (κ1) is 13.9. The molecule has 6 nitrogen and oxygen atoms in total. The molecule has 1 aliphatic rings. The summed E-state index contributed by atoms with van der Waals surface area (Å²) < 4.78 is 3.85. The van der Waals surface area contributed by atoms with Crippen molar-refractivity contribution in [2.24, 2.45) is 0 Å². The van der Waals surface area contributed by atoms with Crippen molar-refractivity contribution in [3.63, 3.8) is 0 Å². The SMILES string of the molecule is Cc1cnn([C@H]2CCCN(C(=O)[C@H](C)n3ccnc3)C2)c1. The molecule has 0 bridgehead atoms. The van der Waals surface area contributed by atoms with Crippen LogP contribution >= 0.6 is 0 Å². The summed E-state index contributed by atoms with van der Waals surface area (Å²) in [5, 5.41) is 4.39. The molecule has 0 radical (unpaired) electrons. The molecule has 3 rings (SSSR count). The molecule has 112 valence electrons. The summed E-state index contributed by atoms with van der Waals surface area (Å²) >= 11 is 0. The van der Waals surface area contributed by atoms with Crippen molar-refractivity contribution < 1.29 is 4.79 Å². The Balaban J connectivity index is 1.69. The van der Waals surface area contributed by atoms with Crippen LogP contribution in [0.4, 0.5) is 0 Å². The number of imidazole rings is 1. The first-order valence-corrected chi connectivity index (χ1v) is 7.42. The van der Waals surface area contributed by atoms with Gasteiger partial charge in [0, 0.05) is 31.7 Å². The van der Waals surface area contributed by atoms with Crippen LogP contribution in [0, 0.1) is 6.92 Å². The highest BCUT2D eigenvalue weighted by Crippen LogP contribution is 2.23. The van der Waals surface area contributed by atoms with Gasteiger partial charge in [-0.2, -0.15) is 5.10 Å². The Morgan fingerprint density at radius 1 is 1.48 bits per heavy atom. The number of carbonyl (C=O) groups excluding carboxylic acids is 1. The number of aromatic nitrogens is 4. The average Bonchev–Trinajstić information content (AvgIpc) is 3.17. The molecule has 0 aliphatic carbocycles. The van der Waals surface area contributed by atoms with Gasteiger partial charge in [0.25, 0.3) is 0 Å². The number of hydrogen-bond acceptors (Lipinski definition) is 3. The predicted molar refractivity (Wildman–Crippen MR) is 78.8 cm³/mol. The highest BCUT2D eigenvalue weighted by atomic mass is 16.2. The second-order valence-electron chi connectivity index (χ2n) is 5.76. The summed E-state index contributed by atoms with van der Waals surface area (Å²) in [4.78, 5) is 18.6.